The number of carbonyl (C=O) groups is 2. The van der Waals surface area contributed by atoms with Gasteiger partial charge in [-0.25, -0.2) is 9.96 Å². The van der Waals surface area contributed by atoms with Crippen LogP contribution >= 0.6 is 0 Å². The fourth-order valence-corrected chi connectivity index (χ4v) is 3.98. The fraction of sp³-hybridized carbons (Fsp3) is 0.182. The molecule has 2 saturated heterocycles. The Morgan fingerprint density at radius 2 is 1.64 bits per heavy atom. The number of aryl methyl sites for hydroxylation is 1. The van der Waals surface area contributed by atoms with Crippen LogP contribution in [0.3, 0.4) is 0 Å². The molecule has 0 spiro atoms. The van der Waals surface area contributed by atoms with Crippen LogP contribution in [0.15, 0.2) is 77.4 Å². The van der Waals surface area contributed by atoms with Crippen molar-refractivity contribution in [3.8, 4) is 0 Å². The lowest BCUT2D eigenvalue weighted by Gasteiger charge is -2.27. The van der Waals surface area contributed by atoms with Crippen LogP contribution in [0.2, 0.25) is 0 Å². The highest BCUT2D eigenvalue weighted by Gasteiger charge is 2.61. The molecule has 0 aliphatic carbocycles. The number of fused-ring (bicyclic) bond motifs is 1. The van der Waals surface area contributed by atoms with Crippen molar-refractivity contribution in [2.24, 2.45) is 5.92 Å². The van der Waals surface area contributed by atoms with Gasteiger partial charge in [0.1, 0.15) is 17.7 Å². The molecule has 6 nitrogen and oxygen atoms in total. The maximum atomic E-state index is 13.3. The van der Waals surface area contributed by atoms with E-state index in [1.165, 1.54) is 4.90 Å². The molecule has 2 aromatic carbocycles. The highest BCUT2D eigenvalue weighted by Crippen LogP contribution is 2.47. The lowest BCUT2D eigenvalue weighted by molar-refractivity contribution is -0.126. The summed E-state index contributed by atoms with van der Waals surface area (Å²) in [7, 11) is 0. The van der Waals surface area contributed by atoms with Gasteiger partial charge in [-0.2, -0.15) is 0 Å². The molecule has 0 bridgehead atoms. The van der Waals surface area contributed by atoms with Crippen LogP contribution in [0.25, 0.3) is 0 Å². The van der Waals surface area contributed by atoms with Crippen molar-refractivity contribution >= 4 is 23.2 Å². The summed E-state index contributed by atoms with van der Waals surface area (Å²) in [4.78, 5) is 33.7. The van der Waals surface area contributed by atoms with Crippen molar-refractivity contribution in [3.05, 3.63) is 84.3 Å². The number of imide groups is 1. The first-order chi connectivity index (χ1) is 13.6. The van der Waals surface area contributed by atoms with Crippen LogP contribution in [0.5, 0.6) is 0 Å². The van der Waals surface area contributed by atoms with Crippen molar-refractivity contribution in [1.29, 1.82) is 0 Å². The van der Waals surface area contributed by atoms with E-state index in [9.17, 15) is 9.59 Å². The fourth-order valence-electron chi connectivity index (χ4n) is 3.98. The van der Waals surface area contributed by atoms with Gasteiger partial charge >= 0.3 is 0 Å². The van der Waals surface area contributed by atoms with Gasteiger partial charge in [0.15, 0.2) is 6.10 Å². The number of hydroxylamine groups is 1. The standard InChI is InChI=1S/C22H18N2O4/c1-14-7-5-10-16(13-14)23-21(25)18-19(17-11-6-12-27-17)24(28-20(18)22(23)26)15-8-3-2-4-9-15/h2-13,18-20H,1H3/t18-,19+,20+/m0/s1. The second-order valence-corrected chi connectivity index (χ2v) is 7.02. The van der Waals surface area contributed by atoms with Crippen molar-refractivity contribution in [2.45, 2.75) is 19.1 Å². The maximum absolute atomic E-state index is 13.3. The summed E-state index contributed by atoms with van der Waals surface area (Å²) in [6.07, 6.45) is 0.675. The Hall–Kier alpha value is -3.38. The highest BCUT2D eigenvalue weighted by molar-refractivity contribution is 6.23. The Bertz CT molecular complexity index is 1030. The summed E-state index contributed by atoms with van der Waals surface area (Å²) in [6, 6.07) is 19.8. The van der Waals surface area contributed by atoms with E-state index < -0.39 is 18.1 Å². The largest absolute Gasteiger partial charge is 0.467 e. The lowest BCUT2D eigenvalue weighted by Crippen LogP contribution is -2.37. The normalized spacial score (nSPS) is 24.1. The minimum Gasteiger partial charge on any atom is -0.467 e. The molecule has 0 saturated carbocycles. The zero-order valence-electron chi connectivity index (χ0n) is 15.2. The molecule has 6 heteroatoms. The molecule has 0 radical (unpaired) electrons. The first-order valence-electron chi connectivity index (χ1n) is 9.14. The van der Waals surface area contributed by atoms with Crippen molar-refractivity contribution in [2.75, 3.05) is 9.96 Å². The molecule has 2 aliphatic heterocycles. The summed E-state index contributed by atoms with van der Waals surface area (Å²) in [5.41, 5.74) is 2.31. The van der Waals surface area contributed by atoms with E-state index >= 15 is 0 Å². The maximum Gasteiger partial charge on any atom is 0.266 e. The van der Waals surface area contributed by atoms with Gasteiger partial charge in [0.2, 0.25) is 5.91 Å². The van der Waals surface area contributed by atoms with Gasteiger partial charge in [0, 0.05) is 0 Å². The van der Waals surface area contributed by atoms with Gasteiger partial charge in [-0.05, 0) is 48.9 Å². The average Bonchev–Trinajstić information content (AvgIpc) is 3.40. The van der Waals surface area contributed by atoms with E-state index in [4.69, 9.17) is 9.25 Å². The molecule has 3 atom stereocenters. The van der Waals surface area contributed by atoms with E-state index in [1.807, 2.05) is 55.5 Å². The minimum atomic E-state index is -0.886. The molecule has 2 fully saturated rings. The molecule has 3 aromatic rings. The van der Waals surface area contributed by atoms with Crippen LogP contribution in [0, 0.1) is 12.8 Å². The SMILES string of the molecule is Cc1cccc(N2C(=O)[C@H]3[C@@H](c4ccco4)N(c4ccccc4)O[C@H]3C2=O)c1. The van der Waals surface area contributed by atoms with Crippen molar-refractivity contribution in [1.82, 2.24) is 0 Å². The zero-order valence-corrected chi connectivity index (χ0v) is 15.2. The van der Waals surface area contributed by atoms with E-state index in [2.05, 4.69) is 0 Å². The summed E-state index contributed by atoms with van der Waals surface area (Å²) in [5.74, 6) is -0.723. The predicted octanol–water partition coefficient (Wildman–Crippen LogP) is 3.64. The van der Waals surface area contributed by atoms with E-state index in [1.54, 1.807) is 29.5 Å². The Morgan fingerprint density at radius 3 is 2.36 bits per heavy atom. The van der Waals surface area contributed by atoms with Crippen LogP contribution in [0.4, 0.5) is 11.4 Å². The summed E-state index contributed by atoms with van der Waals surface area (Å²) < 4.78 is 5.62. The predicted molar refractivity (Wildman–Crippen MR) is 102 cm³/mol. The average molecular weight is 374 g/mol. The Kier molecular flexibility index (Phi) is 3.80. The number of carbonyl (C=O) groups excluding carboxylic acids is 2. The molecule has 2 amide bonds. The molecule has 0 N–H and O–H groups in total. The minimum absolute atomic E-state index is 0.277. The molecule has 3 heterocycles. The van der Waals surface area contributed by atoms with Crippen LogP contribution < -0.4 is 9.96 Å². The smallest absolute Gasteiger partial charge is 0.266 e. The third kappa shape index (κ3) is 2.46. The first-order valence-corrected chi connectivity index (χ1v) is 9.14. The lowest BCUT2D eigenvalue weighted by atomic mass is 9.94. The van der Waals surface area contributed by atoms with Gasteiger partial charge in [-0.15, -0.1) is 0 Å². The van der Waals surface area contributed by atoms with Gasteiger partial charge in [-0.3, -0.25) is 14.4 Å². The molecule has 140 valence electrons. The number of amides is 2. The summed E-state index contributed by atoms with van der Waals surface area (Å²) >= 11 is 0. The number of rotatable bonds is 3. The second-order valence-electron chi connectivity index (χ2n) is 7.02. The van der Waals surface area contributed by atoms with Gasteiger partial charge in [0.05, 0.1) is 17.6 Å². The molecule has 1 aromatic heterocycles. The number of hydrogen-bond acceptors (Lipinski definition) is 5. The summed E-state index contributed by atoms with van der Waals surface area (Å²) in [5, 5.41) is 1.62. The van der Waals surface area contributed by atoms with E-state index in [0.29, 0.717) is 11.4 Å². The molecular weight excluding hydrogens is 356 g/mol. The number of nitrogens with zero attached hydrogens (tertiary/aromatic N) is 2. The Balaban J connectivity index is 1.57. The van der Waals surface area contributed by atoms with E-state index in [0.717, 1.165) is 11.3 Å². The zero-order chi connectivity index (χ0) is 19.3. The number of hydrogen-bond donors (Lipinski definition) is 0. The van der Waals surface area contributed by atoms with Gasteiger partial charge < -0.3 is 4.42 Å². The Morgan fingerprint density at radius 1 is 0.857 bits per heavy atom. The second kappa shape index (κ2) is 6.35. The van der Waals surface area contributed by atoms with Crippen LogP contribution in [-0.2, 0) is 14.4 Å². The van der Waals surface area contributed by atoms with Crippen LogP contribution in [0.1, 0.15) is 17.4 Å². The van der Waals surface area contributed by atoms with Gasteiger partial charge in [-0.1, -0.05) is 30.3 Å². The number of para-hydroxylation sites is 1. The topological polar surface area (TPSA) is 63.0 Å². The molecule has 28 heavy (non-hydrogen) atoms. The van der Waals surface area contributed by atoms with Crippen molar-refractivity contribution < 1.29 is 18.8 Å². The number of furan rings is 1. The van der Waals surface area contributed by atoms with E-state index in [-0.39, 0.29) is 11.8 Å². The third-order valence-electron chi connectivity index (χ3n) is 5.22. The third-order valence-corrected chi connectivity index (χ3v) is 5.22. The quantitative estimate of drug-likeness (QED) is 0.655. The van der Waals surface area contributed by atoms with Gasteiger partial charge in [0.25, 0.3) is 5.91 Å². The number of benzene rings is 2. The van der Waals surface area contributed by atoms with Crippen LogP contribution in [-0.4, -0.2) is 17.9 Å². The highest BCUT2D eigenvalue weighted by atomic mass is 16.7. The molecule has 2 aliphatic rings. The monoisotopic (exact) mass is 374 g/mol. The summed E-state index contributed by atoms with van der Waals surface area (Å²) in [6.45, 7) is 1.93. The Labute approximate surface area is 161 Å². The molecular formula is C22H18N2O4. The molecule has 0 unspecified atom stereocenters. The first kappa shape index (κ1) is 16.8. The van der Waals surface area contributed by atoms with Crippen molar-refractivity contribution in [3.63, 3.8) is 0 Å². The molecule has 5 rings (SSSR count). The number of anilines is 2.